The van der Waals surface area contributed by atoms with Gasteiger partial charge in [-0.1, -0.05) is 16.3 Å². The van der Waals surface area contributed by atoms with Gasteiger partial charge in [0, 0.05) is 18.9 Å². The maximum Gasteiger partial charge on any atom is 0.162 e. The molecule has 152 valence electrons. The van der Waals surface area contributed by atoms with Gasteiger partial charge in [-0.3, -0.25) is 3.97 Å². The Labute approximate surface area is 170 Å². The zero-order valence-corrected chi connectivity index (χ0v) is 16.6. The van der Waals surface area contributed by atoms with Gasteiger partial charge in [0.2, 0.25) is 0 Å². The second kappa shape index (κ2) is 7.62. The number of fused-ring (bicyclic) bond motifs is 1. The number of aliphatic hydroxyl groups excluding tert-OH is 2. The molecule has 2 aliphatic rings. The number of thiol groups is 1. The summed E-state index contributed by atoms with van der Waals surface area (Å²) in [6.07, 6.45) is 8.08. The Balaban J connectivity index is 1.34. The van der Waals surface area contributed by atoms with Crippen LogP contribution in [0.3, 0.4) is 0 Å². The lowest BCUT2D eigenvalue weighted by Gasteiger charge is -2.24. The summed E-state index contributed by atoms with van der Waals surface area (Å²) in [5, 5.41) is 29.4. The molecule has 10 heteroatoms. The number of nitrogens with zero attached hydrogens (tertiary/aromatic N) is 6. The van der Waals surface area contributed by atoms with Crippen LogP contribution in [-0.4, -0.2) is 52.4 Å². The Hall–Kier alpha value is -2.69. The molecule has 2 aromatic heterocycles. The number of hydrogen-bond donors (Lipinski definition) is 3. The maximum absolute atomic E-state index is 11.1. The maximum atomic E-state index is 11.1. The number of hydrogen-bond acceptors (Lipinski definition) is 7. The predicted molar refractivity (Wildman–Crippen MR) is 110 cm³/mol. The summed E-state index contributed by atoms with van der Waals surface area (Å²) >= 11 is -1.07. The van der Waals surface area contributed by atoms with Crippen LogP contribution >= 0.6 is 11.1 Å². The molecule has 0 bridgehead atoms. The van der Waals surface area contributed by atoms with Crippen LogP contribution < -0.4 is 4.74 Å². The molecule has 5 rings (SSSR count). The van der Waals surface area contributed by atoms with Crippen LogP contribution in [0, 0.1) is 5.92 Å². The summed E-state index contributed by atoms with van der Waals surface area (Å²) in [4.78, 5) is 8.87. The van der Waals surface area contributed by atoms with Crippen LogP contribution in [0.15, 0.2) is 48.0 Å². The van der Waals surface area contributed by atoms with Crippen molar-refractivity contribution in [2.24, 2.45) is 10.9 Å². The molecular weight excluding hydrogens is 392 g/mol. The average molecular weight is 414 g/mol. The topological polar surface area (TPSA) is 111 Å². The number of imidazole rings is 1. The molecule has 1 fully saturated rings. The summed E-state index contributed by atoms with van der Waals surface area (Å²) in [7, 11) is 0. The smallest absolute Gasteiger partial charge is 0.162 e. The first-order chi connectivity index (χ1) is 14.2. The van der Waals surface area contributed by atoms with E-state index < -0.39 is 16.5 Å². The minimum absolute atomic E-state index is 0.110. The number of aliphatic hydroxyl groups is 2. The number of rotatable bonds is 8. The van der Waals surface area contributed by atoms with Crippen molar-refractivity contribution in [2.45, 2.75) is 24.7 Å². The van der Waals surface area contributed by atoms with Crippen molar-refractivity contribution < 1.29 is 14.9 Å². The fraction of sp³-hybridized carbons (Fsp3) is 0.368. The van der Waals surface area contributed by atoms with Crippen molar-refractivity contribution >= 4 is 21.9 Å². The zero-order valence-electron chi connectivity index (χ0n) is 15.7. The third-order valence-corrected chi connectivity index (χ3v) is 7.35. The minimum Gasteiger partial charge on any atom is -0.494 e. The van der Waals surface area contributed by atoms with E-state index >= 15 is 0 Å². The van der Waals surface area contributed by atoms with Crippen molar-refractivity contribution in [1.82, 2.24) is 24.0 Å². The molecule has 1 saturated carbocycles. The summed E-state index contributed by atoms with van der Waals surface area (Å²) in [5.74, 6) is 2.00. The van der Waals surface area contributed by atoms with E-state index in [0.717, 1.165) is 35.1 Å². The van der Waals surface area contributed by atoms with Crippen LogP contribution in [0.4, 0.5) is 5.82 Å². The van der Waals surface area contributed by atoms with Crippen molar-refractivity contribution in [3.63, 3.8) is 0 Å². The Morgan fingerprint density at radius 1 is 1.24 bits per heavy atom. The minimum atomic E-state index is -1.07. The molecule has 29 heavy (non-hydrogen) atoms. The van der Waals surface area contributed by atoms with E-state index in [0.29, 0.717) is 24.6 Å². The molecule has 0 radical (unpaired) electrons. The first-order valence-corrected chi connectivity index (χ1v) is 11.0. The molecule has 3 aromatic rings. The summed E-state index contributed by atoms with van der Waals surface area (Å²) in [6, 6.07) is 7.46. The fourth-order valence-corrected chi connectivity index (χ4v) is 5.67. The van der Waals surface area contributed by atoms with Gasteiger partial charge in [0.25, 0.3) is 0 Å². The molecular formula is C19H22N6O3S. The lowest BCUT2D eigenvalue weighted by Crippen LogP contribution is -2.12. The van der Waals surface area contributed by atoms with Crippen molar-refractivity contribution in [1.29, 1.82) is 0 Å². The van der Waals surface area contributed by atoms with E-state index in [1.165, 1.54) is 0 Å². The highest BCUT2D eigenvalue weighted by atomic mass is 32.2. The molecule has 0 amide bonds. The van der Waals surface area contributed by atoms with Gasteiger partial charge in [-0.25, -0.2) is 14.7 Å². The van der Waals surface area contributed by atoms with Crippen molar-refractivity contribution in [3.8, 4) is 11.4 Å². The molecule has 1 aliphatic heterocycles. The Bertz CT molecular complexity index is 1030. The zero-order chi connectivity index (χ0) is 19.8. The van der Waals surface area contributed by atoms with Gasteiger partial charge in [-0.05, 0) is 37.1 Å². The SMILES string of the molecule is OCCCOc1ccc(-n2cc(C(O)[SH]3C(C4CC4)=Nc4cncn43)nn2)cc1. The quantitative estimate of drug-likeness (QED) is 0.385. The predicted octanol–water partition coefficient (Wildman–Crippen LogP) is 2.13. The number of aliphatic imine (C=N–C) groups is 1. The van der Waals surface area contributed by atoms with E-state index in [4.69, 9.17) is 14.8 Å². The normalized spacial score (nSPS) is 20.3. The second-order valence-corrected chi connectivity index (χ2v) is 9.13. The summed E-state index contributed by atoms with van der Waals surface area (Å²) in [5.41, 5.74) is 0.563. The van der Waals surface area contributed by atoms with E-state index in [1.807, 2.05) is 28.2 Å². The summed E-state index contributed by atoms with van der Waals surface area (Å²) < 4.78 is 9.17. The van der Waals surface area contributed by atoms with Crippen LogP contribution in [0.2, 0.25) is 0 Å². The highest BCUT2D eigenvalue weighted by molar-refractivity contribution is 8.29. The van der Waals surface area contributed by atoms with Gasteiger partial charge in [-0.15, -0.1) is 5.10 Å². The fourth-order valence-electron chi connectivity index (χ4n) is 3.27. The second-order valence-electron chi connectivity index (χ2n) is 7.07. The monoisotopic (exact) mass is 414 g/mol. The summed E-state index contributed by atoms with van der Waals surface area (Å²) in [6.45, 7) is 0.582. The molecule has 2 N–H and O–H groups in total. The Morgan fingerprint density at radius 2 is 2.07 bits per heavy atom. The molecule has 1 aliphatic carbocycles. The van der Waals surface area contributed by atoms with Gasteiger partial charge >= 0.3 is 0 Å². The molecule has 2 atom stereocenters. The highest BCUT2D eigenvalue weighted by Crippen LogP contribution is 2.55. The van der Waals surface area contributed by atoms with E-state index in [9.17, 15) is 5.11 Å². The molecule has 9 nitrogen and oxygen atoms in total. The molecule has 3 heterocycles. The van der Waals surface area contributed by atoms with Crippen LogP contribution in [0.5, 0.6) is 5.75 Å². The van der Waals surface area contributed by atoms with Crippen LogP contribution in [0.25, 0.3) is 5.69 Å². The lowest BCUT2D eigenvalue weighted by molar-refractivity contribution is 0.233. The van der Waals surface area contributed by atoms with Crippen LogP contribution in [-0.2, 0) is 0 Å². The van der Waals surface area contributed by atoms with Crippen molar-refractivity contribution in [2.75, 3.05) is 13.2 Å². The van der Waals surface area contributed by atoms with Gasteiger partial charge in [-0.2, -0.15) is 0 Å². The Kier molecular flexibility index (Phi) is 4.82. The number of aromatic nitrogens is 5. The molecule has 0 saturated heterocycles. The first kappa shape index (κ1) is 18.3. The van der Waals surface area contributed by atoms with Crippen LogP contribution in [0.1, 0.15) is 30.4 Å². The molecule has 2 unspecified atom stereocenters. The van der Waals surface area contributed by atoms with Gasteiger partial charge < -0.3 is 14.9 Å². The van der Waals surface area contributed by atoms with E-state index in [1.54, 1.807) is 23.4 Å². The largest absolute Gasteiger partial charge is 0.494 e. The molecule has 0 spiro atoms. The van der Waals surface area contributed by atoms with Gasteiger partial charge in [0.1, 0.15) is 23.2 Å². The molecule has 1 aromatic carbocycles. The van der Waals surface area contributed by atoms with E-state index in [2.05, 4.69) is 15.3 Å². The highest BCUT2D eigenvalue weighted by Gasteiger charge is 2.40. The average Bonchev–Trinajstić information content (AvgIpc) is 3.15. The van der Waals surface area contributed by atoms with Gasteiger partial charge in [0.15, 0.2) is 5.82 Å². The Morgan fingerprint density at radius 3 is 2.83 bits per heavy atom. The first-order valence-electron chi connectivity index (χ1n) is 9.59. The lowest BCUT2D eigenvalue weighted by atomic mass is 10.3. The standard InChI is InChI=1S/C19H22N6O3S/c26-8-1-9-28-15-6-4-14(5-7-15)24-11-16(22-23-24)19(27)29-18(13-2-3-13)21-17-10-20-12-25(17)29/h4-7,10-13,19,26-27,29H,1-3,8-9H2. The van der Waals surface area contributed by atoms with E-state index in [-0.39, 0.29) is 6.61 Å². The third kappa shape index (κ3) is 3.54. The number of benzene rings is 1. The van der Waals surface area contributed by atoms with Crippen molar-refractivity contribution in [3.05, 3.63) is 48.7 Å². The van der Waals surface area contributed by atoms with Gasteiger partial charge in [0.05, 0.1) is 29.7 Å². The number of ether oxygens (including phenoxy) is 1. The third-order valence-electron chi connectivity index (χ3n) is 4.92.